The Morgan fingerprint density at radius 1 is 1.77 bits per heavy atom. The third-order valence-corrected chi connectivity index (χ3v) is 1.63. The molecule has 0 aliphatic carbocycles. The lowest BCUT2D eigenvalue weighted by Crippen LogP contribution is -2.24. The first kappa shape index (κ1) is 9.62. The van der Waals surface area contributed by atoms with E-state index >= 15 is 0 Å². The largest absolute Gasteiger partial charge is 0.356 e. The molecule has 0 bridgehead atoms. The Morgan fingerprint density at radius 2 is 2.54 bits per heavy atom. The van der Waals surface area contributed by atoms with E-state index in [4.69, 9.17) is 16.9 Å². The minimum atomic E-state index is -0.248. The van der Waals surface area contributed by atoms with Gasteiger partial charge in [0.15, 0.2) is 0 Å². The van der Waals surface area contributed by atoms with E-state index in [0.29, 0.717) is 23.7 Å². The van der Waals surface area contributed by atoms with Crippen molar-refractivity contribution in [1.82, 2.24) is 10.3 Å². The molecule has 4 nitrogen and oxygen atoms in total. The molecule has 0 aliphatic heterocycles. The lowest BCUT2D eigenvalue weighted by molar-refractivity contribution is 0.0950. The van der Waals surface area contributed by atoms with Gasteiger partial charge in [0.2, 0.25) is 0 Å². The van der Waals surface area contributed by atoms with Gasteiger partial charge in [-0.05, 0) is 6.07 Å². The average Bonchev–Trinajstić information content (AvgIpc) is 2.52. The van der Waals surface area contributed by atoms with E-state index in [-0.39, 0.29) is 5.91 Å². The second kappa shape index (κ2) is 4.53. The summed E-state index contributed by atoms with van der Waals surface area (Å²) in [5, 5.41) is 11.3. The topological polar surface area (TPSA) is 68.7 Å². The fraction of sp³-hybridized carbons (Fsp3) is 0.250. The normalized spacial score (nSPS) is 9.23. The molecule has 1 aromatic rings. The Morgan fingerprint density at radius 3 is 3.08 bits per heavy atom. The molecule has 1 aromatic heterocycles. The van der Waals surface area contributed by atoms with Gasteiger partial charge < -0.3 is 10.3 Å². The van der Waals surface area contributed by atoms with Crippen LogP contribution in [0.5, 0.6) is 0 Å². The maximum atomic E-state index is 11.2. The number of amides is 1. The lowest BCUT2D eigenvalue weighted by atomic mass is 10.4. The van der Waals surface area contributed by atoms with Crippen LogP contribution in [0.2, 0.25) is 5.02 Å². The van der Waals surface area contributed by atoms with Crippen molar-refractivity contribution in [2.75, 3.05) is 6.54 Å². The monoisotopic (exact) mass is 197 g/mol. The van der Waals surface area contributed by atoms with Crippen LogP contribution >= 0.6 is 11.6 Å². The van der Waals surface area contributed by atoms with Crippen LogP contribution in [0.15, 0.2) is 12.3 Å². The number of halogens is 1. The standard InChI is InChI=1S/C8H8ClN3O/c9-6-4-7(12-5-6)8(13)11-3-1-2-10/h4-5,12H,1,3H2,(H,11,13). The highest BCUT2D eigenvalue weighted by molar-refractivity contribution is 6.30. The van der Waals surface area contributed by atoms with Crippen LogP contribution in [-0.2, 0) is 0 Å². The van der Waals surface area contributed by atoms with Crippen LogP contribution in [0.3, 0.4) is 0 Å². The third-order valence-electron chi connectivity index (χ3n) is 1.41. The number of hydrogen-bond donors (Lipinski definition) is 2. The molecule has 0 fully saturated rings. The Labute approximate surface area is 80.5 Å². The molecule has 0 aromatic carbocycles. The van der Waals surface area contributed by atoms with Gasteiger partial charge in [-0.1, -0.05) is 11.6 Å². The van der Waals surface area contributed by atoms with E-state index < -0.39 is 0 Å². The quantitative estimate of drug-likeness (QED) is 0.718. The highest BCUT2D eigenvalue weighted by Gasteiger charge is 2.05. The average molecular weight is 198 g/mol. The molecule has 1 rings (SSSR count). The zero-order chi connectivity index (χ0) is 9.68. The molecule has 0 atom stereocenters. The summed E-state index contributed by atoms with van der Waals surface area (Å²) in [6, 6.07) is 3.46. The molecule has 13 heavy (non-hydrogen) atoms. The number of rotatable bonds is 3. The summed E-state index contributed by atoms with van der Waals surface area (Å²) in [5.74, 6) is -0.248. The summed E-state index contributed by atoms with van der Waals surface area (Å²) in [5.41, 5.74) is 0.405. The van der Waals surface area contributed by atoms with Crippen molar-refractivity contribution in [2.45, 2.75) is 6.42 Å². The number of carbonyl (C=O) groups is 1. The number of nitriles is 1. The molecule has 2 N–H and O–H groups in total. The number of hydrogen-bond acceptors (Lipinski definition) is 2. The van der Waals surface area contributed by atoms with Gasteiger partial charge in [0.1, 0.15) is 5.69 Å². The number of aromatic nitrogens is 1. The van der Waals surface area contributed by atoms with Gasteiger partial charge in [-0.15, -0.1) is 0 Å². The van der Waals surface area contributed by atoms with Gasteiger partial charge in [-0.3, -0.25) is 4.79 Å². The Bertz CT molecular complexity index is 339. The van der Waals surface area contributed by atoms with E-state index in [9.17, 15) is 4.79 Å². The van der Waals surface area contributed by atoms with Crippen molar-refractivity contribution in [2.24, 2.45) is 0 Å². The first-order valence-corrected chi connectivity index (χ1v) is 4.11. The molecule has 0 unspecified atom stereocenters. The Kier molecular flexibility index (Phi) is 3.35. The van der Waals surface area contributed by atoms with Crippen molar-refractivity contribution in [3.05, 3.63) is 23.0 Å². The zero-order valence-electron chi connectivity index (χ0n) is 6.80. The zero-order valence-corrected chi connectivity index (χ0v) is 7.56. The summed E-state index contributed by atoms with van der Waals surface area (Å²) in [6.07, 6.45) is 1.83. The number of aromatic amines is 1. The second-order valence-corrected chi connectivity index (χ2v) is 2.83. The van der Waals surface area contributed by atoms with Crippen molar-refractivity contribution in [3.63, 3.8) is 0 Å². The second-order valence-electron chi connectivity index (χ2n) is 2.40. The van der Waals surface area contributed by atoms with Gasteiger partial charge in [-0.2, -0.15) is 5.26 Å². The van der Waals surface area contributed by atoms with Gasteiger partial charge in [-0.25, -0.2) is 0 Å². The highest BCUT2D eigenvalue weighted by Crippen LogP contribution is 2.08. The number of nitrogens with one attached hydrogen (secondary N) is 2. The first-order valence-electron chi connectivity index (χ1n) is 3.73. The van der Waals surface area contributed by atoms with Crippen LogP contribution in [0.4, 0.5) is 0 Å². The predicted molar refractivity (Wildman–Crippen MR) is 48.4 cm³/mol. The molecule has 5 heteroatoms. The molecule has 1 heterocycles. The van der Waals surface area contributed by atoms with E-state index in [1.165, 1.54) is 12.3 Å². The van der Waals surface area contributed by atoms with Crippen molar-refractivity contribution >= 4 is 17.5 Å². The Hall–Kier alpha value is -1.47. The van der Waals surface area contributed by atoms with Gasteiger partial charge in [0.05, 0.1) is 17.5 Å². The van der Waals surface area contributed by atoms with Gasteiger partial charge >= 0.3 is 0 Å². The number of carbonyl (C=O) groups excluding carboxylic acids is 1. The van der Waals surface area contributed by atoms with Gasteiger partial charge in [0, 0.05) is 12.7 Å². The molecule has 68 valence electrons. The van der Waals surface area contributed by atoms with Crippen molar-refractivity contribution < 1.29 is 4.79 Å². The van der Waals surface area contributed by atoms with E-state index in [0.717, 1.165) is 0 Å². The summed E-state index contributed by atoms with van der Waals surface area (Å²) in [7, 11) is 0. The fourth-order valence-electron chi connectivity index (χ4n) is 0.826. The first-order chi connectivity index (χ1) is 6.24. The minimum absolute atomic E-state index is 0.248. The van der Waals surface area contributed by atoms with Crippen LogP contribution < -0.4 is 5.32 Å². The summed E-state index contributed by atoms with van der Waals surface area (Å²) >= 11 is 5.60. The number of nitrogens with zero attached hydrogens (tertiary/aromatic N) is 1. The van der Waals surface area contributed by atoms with Crippen molar-refractivity contribution in [3.8, 4) is 6.07 Å². The molecule has 0 saturated heterocycles. The van der Waals surface area contributed by atoms with E-state index in [2.05, 4.69) is 10.3 Å². The Balaban J connectivity index is 2.45. The molecule has 0 saturated carbocycles. The molecule has 1 amide bonds. The SMILES string of the molecule is N#CCCNC(=O)c1cc(Cl)c[nH]1. The summed E-state index contributed by atoms with van der Waals surface area (Å²) in [4.78, 5) is 13.9. The van der Waals surface area contributed by atoms with Crippen molar-refractivity contribution in [1.29, 1.82) is 5.26 Å². The van der Waals surface area contributed by atoms with Crippen LogP contribution in [0.25, 0.3) is 0 Å². The highest BCUT2D eigenvalue weighted by atomic mass is 35.5. The van der Waals surface area contributed by atoms with Gasteiger partial charge in [0.25, 0.3) is 5.91 Å². The molecule has 0 aliphatic rings. The predicted octanol–water partition coefficient (Wildman–Crippen LogP) is 1.31. The molecule has 0 radical (unpaired) electrons. The molecular weight excluding hydrogens is 190 g/mol. The van der Waals surface area contributed by atoms with Crippen LogP contribution in [0.1, 0.15) is 16.9 Å². The van der Waals surface area contributed by atoms with Crippen LogP contribution in [0, 0.1) is 11.3 Å². The maximum absolute atomic E-state index is 11.2. The minimum Gasteiger partial charge on any atom is -0.356 e. The van der Waals surface area contributed by atoms with Crippen LogP contribution in [-0.4, -0.2) is 17.4 Å². The maximum Gasteiger partial charge on any atom is 0.267 e. The van der Waals surface area contributed by atoms with E-state index in [1.807, 2.05) is 6.07 Å². The third kappa shape index (κ3) is 2.80. The number of H-pyrrole nitrogens is 1. The fourth-order valence-corrected chi connectivity index (χ4v) is 0.990. The smallest absolute Gasteiger partial charge is 0.267 e. The van der Waals surface area contributed by atoms with E-state index in [1.54, 1.807) is 0 Å². The summed E-state index contributed by atoms with van der Waals surface area (Å²) < 4.78 is 0. The summed E-state index contributed by atoms with van der Waals surface area (Å²) in [6.45, 7) is 0.353. The molecular formula is C8H8ClN3O. The lowest BCUT2D eigenvalue weighted by Gasteiger charge is -1.98. The molecule has 0 spiro atoms.